The highest BCUT2D eigenvalue weighted by molar-refractivity contribution is 7.99. The summed E-state index contributed by atoms with van der Waals surface area (Å²) in [5.41, 5.74) is 3.33. The number of carbonyl (C=O) groups is 2. The summed E-state index contributed by atoms with van der Waals surface area (Å²) in [6.45, 7) is 4.27. The molecule has 3 aromatic rings. The third-order valence-electron chi connectivity index (χ3n) is 5.05. The number of fused-ring (bicyclic) bond motifs is 1. The van der Waals surface area contributed by atoms with Crippen molar-refractivity contribution >= 4 is 34.5 Å². The molecule has 148 valence electrons. The second kappa shape index (κ2) is 7.83. The van der Waals surface area contributed by atoms with Crippen molar-refractivity contribution < 1.29 is 9.59 Å². The Hall–Kier alpha value is -2.93. The molecule has 0 saturated carbocycles. The number of benzene rings is 2. The second-order valence-corrected chi connectivity index (χ2v) is 8.19. The first-order chi connectivity index (χ1) is 14.0. The van der Waals surface area contributed by atoms with Crippen molar-refractivity contribution in [1.29, 1.82) is 0 Å². The molecule has 2 aromatic carbocycles. The fraction of sp³-hybridized carbons (Fsp3) is 0.273. The number of para-hydroxylation sites is 1. The number of hydrogen-bond donors (Lipinski definition) is 0. The van der Waals surface area contributed by atoms with Crippen molar-refractivity contribution in [2.75, 3.05) is 12.3 Å². The maximum absolute atomic E-state index is 13.3. The van der Waals surface area contributed by atoms with Crippen molar-refractivity contribution in [3.8, 4) is 5.69 Å². The number of imide groups is 1. The summed E-state index contributed by atoms with van der Waals surface area (Å²) in [6, 6.07) is 13.3. The van der Waals surface area contributed by atoms with Gasteiger partial charge in [0, 0.05) is 25.1 Å². The second-order valence-electron chi connectivity index (χ2n) is 7.13. The quantitative estimate of drug-likeness (QED) is 0.369. The molecule has 2 heterocycles. The van der Waals surface area contributed by atoms with Crippen LogP contribution in [0.25, 0.3) is 16.6 Å². The monoisotopic (exact) mass is 407 g/mol. The Labute approximate surface area is 172 Å². The number of thioether (sulfide) groups is 1. The van der Waals surface area contributed by atoms with Gasteiger partial charge in [0.2, 0.25) is 11.8 Å². The van der Waals surface area contributed by atoms with Gasteiger partial charge in [0.05, 0.1) is 16.6 Å². The summed E-state index contributed by atoms with van der Waals surface area (Å²) in [4.78, 5) is 43.1. The van der Waals surface area contributed by atoms with Gasteiger partial charge in [-0.2, -0.15) is 0 Å². The molecule has 2 amide bonds. The molecule has 0 spiro atoms. The van der Waals surface area contributed by atoms with Gasteiger partial charge in [0.1, 0.15) is 0 Å². The van der Waals surface area contributed by atoms with Gasteiger partial charge in [-0.15, -0.1) is 0 Å². The van der Waals surface area contributed by atoms with Crippen LogP contribution in [0.1, 0.15) is 24.0 Å². The predicted molar refractivity (Wildman–Crippen MR) is 113 cm³/mol. The van der Waals surface area contributed by atoms with Gasteiger partial charge in [-0.3, -0.25) is 23.9 Å². The molecule has 6 nitrogen and oxygen atoms in total. The van der Waals surface area contributed by atoms with Crippen LogP contribution < -0.4 is 5.56 Å². The lowest BCUT2D eigenvalue weighted by atomic mass is 10.1. The van der Waals surface area contributed by atoms with Crippen LogP contribution >= 0.6 is 11.8 Å². The van der Waals surface area contributed by atoms with Crippen LogP contribution in [0.15, 0.2) is 52.4 Å². The lowest BCUT2D eigenvalue weighted by Crippen LogP contribution is -2.31. The maximum Gasteiger partial charge on any atom is 0.266 e. The molecule has 0 unspecified atom stereocenters. The third-order valence-corrected chi connectivity index (χ3v) is 5.97. The molecular weight excluding hydrogens is 386 g/mol. The van der Waals surface area contributed by atoms with E-state index in [9.17, 15) is 14.4 Å². The van der Waals surface area contributed by atoms with Gasteiger partial charge in [-0.1, -0.05) is 36.0 Å². The summed E-state index contributed by atoms with van der Waals surface area (Å²) in [5.74, 6) is 0.218. The minimum Gasteiger partial charge on any atom is -0.282 e. The Kier molecular flexibility index (Phi) is 5.24. The van der Waals surface area contributed by atoms with Crippen LogP contribution in [0.5, 0.6) is 0 Å². The van der Waals surface area contributed by atoms with Crippen LogP contribution in [0.2, 0.25) is 0 Å². The lowest BCUT2D eigenvalue weighted by molar-refractivity contribution is -0.137. The SMILES string of the molecule is Cc1ccc(C)c(-n2c(SCCN3C(=O)CCC3=O)nc3ccccc3c2=O)c1. The zero-order valence-electron chi connectivity index (χ0n) is 16.3. The van der Waals surface area contributed by atoms with Crippen molar-refractivity contribution in [2.24, 2.45) is 0 Å². The molecule has 0 N–H and O–H groups in total. The molecular formula is C22H21N3O3S. The molecule has 1 fully saturated rings. The Morgan fingerprint density at radius 2 is 1.72 bits per heavy atom. The molecule has 1 aromatic heterocycles. The highest BCUT2D eigenvalue weighted by Gasteiger charge is 2.28. The van der Waals surface area contributed by atoms with Gasteiger partial charge in [0.25, 0.3) is 5.56 Å². The first-order valence-corrected chi connectivity index (χ1v) is 10.5. The van der Waals surface area contributed by atoms with Crippen molar-refractivity contribution in [3.05, 3.63) is 63.9 Å². The Morgan fingerprint density at radius 3 is 2.48 bits per heavy atom. The minimum absolute atomic E-state index is 0.125. The number of rotatable bonds is 5. The van der Waals surface area contributed by atoms with Crippen LogP contribution in [0, 0.1) is 13.8 Å². The van der Waals surface area contributed by atoms with E-state index >= 15 is 0 Å². The van der Waals surface area contributed by atoms with E-state index in [0.717, 1.165) is 16.8 Å². The molecule has 0 bridgehead atoms. The van der Waals surface area contributed by atoms with Crippen LogP contribution in [-0.2, 0) is 9.59 Å². The summed E-state index contributed by atoms with van der Waals surface area (Å²) in [7, 11) is 0. The highest BCUT2D eigenvalue weighted by Crippen LogP contribution is 2.24. The van der Waals surface area contributed by atoms with E-state index in [4.69, 9.17) is 4.98 Å². The topological polar surface area (TPSA) is 72.3 Å². The van der Waals surface area contributed by atoms with E-state index in [0.29, 0.717) is 28.4 Å². The highest BCUT2D eigenvalue weighted by atomic mass is 32.2. The zero-order chi connectivity index (χ0) is 20.5. The van der Waals surface area contributed by atoms with E-state index in [1.54, 1.807) is 10.6 Å². The third kappa shape index (κ3) is 3.70. The van der Waals surface area contributed by atoms with Gasteiger partial charge in [-0.25, -0.2) is 4.98 Å². The Bertz CT molecular complexity index is 1170. The smallest absolute Gasteiger partial charge is 0.266 e. The molecule has 4 rings (SSSR count). The molecule has 1 saturated heterocycles. The molecule has 0 aliphatic carbocycles. The lowest BCUT2D eigenvalue weighted by Gasteiger charge is -2.17. The van der Waals surface area contributed by atoms with E-state index in [1.807, 2.05) is 50.2 Å². The number of likely N-dealkylation sites (tertiary alicyclic amines) is 1. The van der Waals surface area contributed by atoms with E-state index in [-0.39, 0.29) is 30.2 Å². The number of nitrogens with zero attached hydrogens (tertiary/aromatic N) is 3. The van der Waals surface area contributed by atoms with E-state index in [1.165, 1.54) is 16.7 Å². The number of hydrogen-bond acceptors (Lipinski definition) is 5. The first-order valence-electron chi connectivity index (χ1n) is 9.51. The number of carbonyl (C=O) groups excluding carboxylic acids is 2. The van der Waals surface area contributed by atoms with E-state index in [2.05, 4.69) is 0 Å². The Balaban J connectivity index is 1.75. The fourth-order valence-electron chi connectivity index (χ4n) is 3.48. The Morgan fingerprint density at radius 1 is 1.00 bits per heavy atom. The summed E-state index contributed by atoms with van der Waals surface area (Å²) in [6.07, 6.45) is 0.565. The predicted octanol–water partition coefficient (Wildman–Crippen LogP) is 3.24. The van der Waals surface area contributed by atoms with Crippen LogP contribution in [0.3, 0.4) is 0 Å². The maximum atomic E-state index is 13.3. The van der Waals surface area contributed by atoms with Crippen LogP contribution in [0.4, 0.5) is 0 Å². The fourth-order valence-corrected chi connectivity index (χ4v) is 4.41. The average Bonchev–Trinajstić information content (AvgIpc) is 3.02. The molecule has 0 radical (unpaired) electrons. The standard InChI is InChI=1S/C22H21N3O3S/c1-14-7-8-15(2)18(13-14)25-21(28)16-5-3-4-6-17(16)23-22(25)29-12-11-24-19(26)9-10-20(24)27/h3-8,13H,9-12H2,1-2H3. The van der Waals surface area contributed by atoms with Crippen molar-refractivity contribution in [2.45, 2.75) is 31.8 Å². The van der Waals surface area contributed by atoms with Crippen molar-refractivity contribution in [3.63, 3.8) is 0 Å². The van der Waals surface area contributed by atoms with Crippen molar-refractivity contribution in [1.82, 2.24) is 14.5 Å². The number of aromatic nitrogens is 2. The molecule has 29 heavy (non-hydrogen) atoms. The summed E-state index contributed by atoms with van der Waals surface area (Å²) in [5, 5.41) is 1.11. The largest absolute Gasteiger partial charge is 0.282 e. The number of amides is 2. The van der Waals surface area contributed by atoms with Crippen LogP contribution in [-0.4, -0.2) is 38.6 Å². The first kappa shape index (κ1) is 19.4. The van der Waals surface area contributed by atoms with E-state index < -0.39 is 0 Å². The minimum atomic E-state index is -0.131. The normalized spacial score (nSPS) is 14.2. The van der Waals surface area contributed by atoms with Gasteiger partial charge in [-0.05, 0) is 43.2 Å². The van der Waals surface area contributed by atoms with Gasteiger partial charge in [0.15, 0.2) is 5.16 Å². The van der Waals surface area contributed by atoms with Gasteiger partial charge >= 0.3 is 0 Å². The molecule has 7 heteroatoms. The number of aryl methyl sites for hydroxylation is 2. The summed E-state index contributed by atoms with van der Waals surface area (Å²) < 4.78 is 1.64. The zero-order valence-corrected chi connectivity index (χ0v) is 17.2. The molecule has 1 aliphatic heterocycles. The summed E-state index contributed by atoms with van der Waals surface area (Å²) >= 11 is 1.38. The molecule has 0 atom stereocenters. The average molecular weight is 407 g/mol. The molecule has 1 aliphatic rings. The van der Waals surface area contributed by atoms with Gasteiger partial charge < -0.3 is 0 Å².